The lowest BCUT2D eigenvalue weighted by Gasteiger charge is -2.23. The van der Waals surface area contributed by atoms with Crippen LogP contribution in [0.5, 0.6) is 0 Å². The van der Waals surface area contributed by atoms with E-state index < -0.39 is 0 Å². The summed E-state index contributed by atoms with van der Waals surface area (Å²) in [6, 6.07) is 0. The van der Waals surface area contributed by atoms with Crippen LogP contribution in [0.3, 0.4) is 0 Å². The first kappa shape index (κ1) is 59.9. The van der Waals surface area contributed by atoms with Gasteiger partial charge in [0.15, 0.2) is 0 Å². The second-order valence-electron chi connectivity index (χ2n) is 20.0. The first-order chi connectivity index (χ1) is 29.7. The van der Waals surface area contributed by atoms with Crippen molar-refractivity contribution >= 4 is 11.9 Å². The highest BCUT2D eigenvalue weighted by atomic mass is 16.5. The van der Waals surface area contributed by atoms with Gasteiger partial charge in [-0.25, -0.2) is 0 Å². The normalized spacial score (nSPS) is 12.9. The molecule has 61 heavy (non-hydrogen) atoms. The highest BCUT2D eigenvalue weighted by Gasteiger charge is 2.19. The summed E-state index contributed by atoms with van der Waals surface area (Å²) in [5.41, 5.74) is 0. The molecule has 0 aliphatic heterocycles. The van der Waals surface area contributed by atoms with Crippen molar-refractivity contribution in [2.75, 3.05) is 53.5 Å². The van der Waals surface area contributed by atoms with Crippen LogP contribution in [0.2, 0.25) is 0 Å². The molecule has 0 saturated heterocycles. The summed E-state index contributed by atoms with van der Waals surface area (Å²) < 4.78 is 11.9. The molecule has 0 fully saturated rings. The summed E-state index contributed by atoms with van der Waals surface area (Å²) in [6.45, 7) is 19.2. The van der Waals surface area contributed by atoms with Crippen molar-refractivity contribution in [1.29, 1.82) is 0 Å². The fourth-order valence-electron chi connectivity index (χ4n) is 8.91. The summed E-state index contributed by atoms with van der Waals surface area (Å²) in [4.78, 5) is 30.9. The number of unbranched alkanes of at least 4 members (excludes halogenated alkanes) is 22. The maximum atomic E-state index is 13.0. The van der Waals surface area contributed by atoms with Gasteiger partial charge in [-0.3, -0.25) is 9.59 Å². The number of hydrogen-bond acceptors (Lipinski definition) is 6. The molecule has 6 nitrogen and oxygen atoms in total. The van der Waals surface area contributed by atoms with Gasteiger partial charge in [0.2, 0.25) is 0 Å². The van der Waals surface area contributed by atoms with Gasteiger partial charge in [0.05, 0.1) is 25.0 Å². The van der Waals surface area contributed by atoms with Gasteiger partial charge in [-0.05, 0) is 110 Å². The van der Waals surface area contributed by atoms with Crippen LogP contribution in [-0.4, -0.2) is 75.2 Å². The Kier molecular flexibility index (Phi) is 44.6. The monoisotopic (exact) mass is 863 g/mol. The summed E-state index contributed by atoms with van der Waals surface area (Å²) in [6.07, 6.45) is 43.7. The van der Waals surface area contributed by atoms with E-state index in [1.165, 1.54) is 219 Å². The van der Waals surface area contributed by atoms with Crippen LogP contribution in [0.4, 0.5) is 0 Å². The minimum absolute atomic E-state index is 0.00286. The standard InChI is InChI=1S/C55H110N2O4/c1-9-13-17-21-31-40-52(41-32-22-18-14-10-2)48-60-54(58)50(5)38-29-25-27-35-45-57(47-37-44-56(7)8)46-36-28-26-30-39-51(6)55(59)61-49-53(42-33-23-19-15-11-3)43-34-24-20-16-12-4/h50-53H,9-49H2,1-8H3. The van der Waals surface area contributed by atoms with Crippen molar-refractivity contribution in [3.8, 4) is 0 Å². The molecule has 0 N–H and O–H groups in total. The third-order valence-electron chi connectivity index (χ3n) is 13.4. The van der Waals surface area contributed by atoms with Crippen molar-refractivity contribution in [2.24, 2.45) is 23.7 Å². The molecule has 364 valence electrons. The minimum Gasteiger partial charge on any atom is -0.465 e. The molecule has 0 aliphatic rings. The van der Waals surface area contributed by atoms with E-state index in [2.05, 4.69) is 65.4 Å². The number of hydrogen-bond donors (Lipinski definition) is 0. The quantitative estimate of drug-likeness (QED) is 0.0449. The SMILES string of the molecule is CCCCCCCC(CCCCCCC)COC(=O)C(C)CCCCCCN(CCCCCCC(C)C(=O)OCC(CCCCCCC)CCCCCCC)CCCN(C)C. The summed E-state index contributed by atoms with van der Waals surface area (Å²) in [7, 11) is 4.34. The smallest absolute Gasteiger partial charge is 0.308 e. The van der Waals surface area contributed by atoms with Crippen molar-refractivity contribution in [3.63, 3.8) is 0 Å². The Bertz CT molecular complexity index is 834. The molecular formula is C55H110N2O4. The number of nitrogens with zero attached hydrogens (tertiary/aromatic N) is 2. The molecule has 0 bridgehead atoms. The lowest BCUT2D eigenvalue weighted by Crippen LogP contribution is -2.29. The molecular weight excluding hydrogens is 753 g/mol. The lowest BCUT2D eigenvalue weighted by atomic mass is 9.95. The number of esters is 2. The second-order valence-corrected chi connectivity index (χ2v) is 20.0. The molecule has 0 aromatic heterocycles. The number of carbonyl (C=O) groups excluding carboxylic acids is 2. The van der Waals surface area contributed by atoms with E-state index >= 15 is 0 Å². The van der Waals surface area contributed by atoms with Gasteiger partial charge in [0, 0.05) is 0 Å². The zero-order valence-electron chi connectivity index (χ0n) is 42.8. The maximum absolute atomic E-state index is 13.0. The van der Waals surface area contributed by atoms with E-state index in [0.29, 0.717) is 25.0 Å². The molecule has 2 atom stereocenters. The van der Waals surface area contributed by atoms with E-state index in [1.54, 1.807) is 0 Å². The van der Waals surface area contributed by atoms with E-state index in [4.69, 9.17) is 9.47 Å². The fraction of sp³-hybridized carbons (Fsp3) is 0.964. The van der Waals surface area contributed by atoms with Gasteiger partial charge in [-0.2, -0.15) is 0 Å². The van der Waals surface area contributed by atoms with Crippen molar-refractivity contribution in [1.82, 2.24) is 9.80 Å². The topological polar surface area (TPSA) is 59.1 Å². The van der Waals surface area contributed by atoms with Crippen molar-refractivity contribution in [2.45, 2.75) is 266 Å². The highest BCUT2D eigenvalue weighted by Crippen LogP contribution is 2.23. The fourth-order valence-corrected chi connectivity index (χ4v) is 8.91. The van der Waals surface area contributed by atoms with Gasteiger partial charge in [0.25, 0.3) is 0 Å². The van der Waals surface area contributed by atoms with Crippen LogP contribution in [0.25, 0.3) is 0 Å². The summed E-state index contributed by atoms with van der Waals surface area (Å²) >= 11 is 0. The molecule has 0 heterocycles. The molecule has 2 unspecified atom stereocenters. The Morgan fingerprint density at radius 3 is 0.951 bits per heavy atom. The lowest BCUT2D eigenvalue weighted by molar-refractivity contribution is -0.150. The largest absolute Gasteiger partial charge is 0.465 e. The van der Waals surface area contributed by atoms with E-state index in [9.17, 15) is 9.59 Å². The minimum atomic E-state index is 0.00286. The first-order valence-corrected chi connectivity index (χ1v) is 27.4. The van der Waals surface area contributed by atoms with E-state index in [-0.39, 0.29) is 23.8 Å². The van der Waals surface area contributed by atoms with Gasteiger partial charge in [-0.15, -0.1) is 0 Å². The van der Waals surface area contributed by atoms with Crippen LogP contribution in [-0.2, 0) is 19.1 Å². The van der Waals surface area contributed by atoms with Gasteiger partial charge >= 0.3 is 11.9 Å². The highest BCUT2D eigenvalue weighted by molar-refractivity contribution is 5.72. The number of carbonyl (C=O) groups is 2. The zero-order chi connectivity index (χ0) is 45.0. The Labute approximate surface area is 383 Å². The molecule has 0 amide bonds. The third-order valence-corrected chi connectivity index (χ3v) is 13.4. The molecule has 0 rings (SSSR count). The molecule has 0 aliphatic carbocycles. The molecule has 0 aromatic carbocycles. The van der Waals surface area contributed by atoms with Crippen LogP contribution in [0.15, 0.2) is 0 Å². The summed E-state index contributed by atoms with van der Waals surface area (Å²) in [5.74, 6) is 1.13. The van der Waals surface area contributed by atoms with Crippen LogP contribution < -0.4 is 0 Å². The van der Waals surface area contributed by atoms with Gasteiger partial charge in [-0.1, -0.05) is 208 Å². The molecule has 0 radical (unpaired) electrons. The van der Waals surface area contributed by atoms with Gasteiger partial charge in [0.1, 0.15) is 0 Å². The average molecular weight is 863 g/mol. The number of rotatable bonds is 48. The third kappa shape index (κ3) is 40.1. The Morgan fingerprint density at radius 2 is 0.639 bits per heavy atom. The van der Waals surface area contributed by atoms with E-state index in [1.807, 2.05) is 0 Å². The Hall–Kier alpha value is -1.14. The van der Waals surface area contributed by atoms with Crippen molar-refractivity contribution in [3.05, 3.63) is 0 Å². The Morgan fingerprint density at radius 1 is 0.361 bits per heavy atom. The second kappa shape index (κ2) is 45.4. The average Bonchev–Trinajstić information content (AvgIpc) is 3.25. The maximum Gasteiger partial charge on any atom is 0.308 e. The van der Waals surface area contributed by atoms with Crippen LogP contribution >= 0.6 is 0 Å². The predicted molar refractivity (Wildman–Crippen MR) is 267 cm³/mol. The molecule has 6 heteroatoms. The first-order valence-electron chi connectivity index (χ1n) is 27.4. The Balaban J connectivity index is 4.50. The predicted octanol–water partition coefficient (Wildman–Crippen LogP) is 16.2. The molecule has 0 aromatic rings. The summed E-state index contributed by atoms with van der Waals surface area (Å²) in [5, 5.41) is 0. The van der Waals surface area contributed by atoms with Crippen LogP contribution in [0, 0.1) is 23.7 Å². The van der Waals surface area contributed by atoms with E-state index in [0.717, 1.165) is 32.2 Å². The molecule has 0 saturated carbocycles. The van der Waals surface area contributed by atoms with Crippen LogP contribution in [0.1, 0.15) is 266 Å². The van der Waals surface area contributed by atoms with Gasteiger partial charge < -0.3 is 19.3 Å². The number of ether oxygens (including phenoxy) is 2. The molecule has 0 spiro atoms. The van der Waals surface area contributed by atoms with Crippen molar-refractivity contribution < 1.29 is 19.1 Å². The zero-order valence-corrected chi connectivity index (χ0v) is 42.8.